The van der Waals surface area contributed by atoms with E-state index in [1.165, 1.54) is 44.5 Å². The first-order chi connectivity index (χ1) is 13.3. The molecule has 1 aromatic carbocycles. The lowest BCUT2D eigenvalue weighted by Gasteiger charge is -2.38. The number of carbonyl (C=O) groups is 1. The second kappa shape index (κ2) is 9.17. The molecule has 0 bridgehead atoms. The molecule has 0 atom stereocenters. The fourth-order valence-electron chi connectivity index (χ4n) is 4.35. The number of hydrogen-bond acceptors (Lipinski definition) is 4. The highest BCUT2D eigenvalue weighted by Crippen LogP contribution is 2.25. The van der Waals surface area contributed by atoms with Crippen LogP contribution in [-0.2, 0) is 11.2 Å². The van der Waals surface area contributed by atoms with Crippen molar-refractivity contribution in [3.8, 4) is 0 Å². The number of hydrogen-bond donors (Lipinski definition) is 1. The maximum absolute atomic E-state index is 12.2. The number of rotatable bonds is 4. The Bertz CT molecular complexity index is 622. The van der Waals surface area contributed by atoms with Crippen LogP contribution in [0.25, 0.3) is 0 Å². The van der Waals surface area contributed by atoms with Crippen molar-refractivity contribution >= 4 is 11.8 Å². The Hall–Kier alpha value is -1.75. The van der Waals surface area contributed by atoms with Crippen LogP contribution in [0.2, 0.25) is 0 Å². The molecule has 5 nitrogen and oxygen atoms in total. The van der Waals surface area contributed by atoms with E-state index in [4.69, 9.17) is 10.5 Å². The number of likely N-dealkylation sites (tertiary alicyclic amines) is 2. The molecule has 0 spiro atoms. The summed E-state index contributed by atoms with van der Waals surface area (Å²) in [6.45, 7) is 11.0. The molecule has 0 radical (unpaired) electrons. The molecule has 0 aromatic heterocycles. The largest absolute Gasteiger partial charge is 0.444 e. The van der Waals surface area contributed by atoms with Crippen LogP contribution < -0.4 is 5.73 Å². The lowest BCUT2D eigenvalue weighted by molar-refractivity contribution is 0.0164. The number of nitrogen functional groups attached to an aromatic ring is 1. The van der Waals surface area contributed by atoms with E-state index < -0.39 is 5.60 Å². The second-order valence-corrected chi connectivity index (χ2v) is 9.60. The van der Waals surface area contributed by atoms with Crippen LogP contribution in [0.4, 0.5) is 10.5 Å². The maximum atomic E-state index is 12.2. The van der Waals surface area contributed by atoms with Crippen molar-refractivity contribution in [3.63, 3.8) is 0 Å². The minimum Gasteiger partial charge on any atom is -0.444 e. The zero-order valence-corrected chi connectivity index (χ0v) is 17.8. The van der Waals surface area contributed by atoms with Gasteiger partial charge in [0.25, 0.3) is 0 Å². The quantitative estimate of drug-likeness (QED) is 0.788. The third-order valence-electron chi connectivity index (χ3n) is 5.99. The average molecular weight is 388 g/mol. The lowest BCUT2D eigenvalue weighted by atomic mass is 9.89. The molecule has 2 saturated heterocycles. The highest BCUT2D eigenvalue weighted by molar-refractivity contribution is 5.68. The zero-order chi connectivity index (χ0) is 20.1. The van der Waals surface area contributed by atoms with Gasteiger partial charge in [-0.25, -0.2) is 4.79 Å². The highest BCUT2D eigenvalue weighted by atomic mass is 16.6. The van der Waals surface area contributed by atoms with Crippen molar-refractivity contribution in [1.29, 1.82) is 0 Å². The Labute approximate surface area is 170 Å². The summed E-state index contributed by atoms with van der Waals surface area (Å²) in [6.07, 6.45) is 5.74. The SMILES string of the molecule is CC(C)(C)OC(=O)N1CCC(CN2CCC(Cc3ccc(N)cc3)CC2)CC1. The Morgan fingerprint density at radius 1 is 1.00 bits per heavy atom. The molecular formula is C23H37N3O2. The molecule has 2 heterocycles. The molecule has 2 aliphatic heterocycles. The molecule has 3 rings (SSSR count). The minimum atomic E-state index is -0.412. The molecule has 0 aliphatic carbocycles. The summed E-state index contributed by atoms with van der Waals surface area (Å²) in [4.78, 5) is 16.7. The van der Waals surface area contributed by atoms with Crippen molar-refractivity contribution in [2.75, 3.05) is 38.5 Å². The number of anilines is 1. The van der Waals surface area contributed by atoms with Crippen LogP contribution in [0.5, 0.6) is 0 Å². The summed E-state index contributed by atoms with van der Waals surface area (Å²) in [7, 11) is 0. The zero-order valence-electron chi connectivity index (χ0n) is 17.8. The Morgan fingerprint density at radius 3 is 2.14 bits per heavy atom. The van der Waals surface area contributed by atoms with E-state index in [2.05, 4.69) is 17.0 Å². The van der Waals surface area contributed by atoms with Crippen molar-refractivity contribution in [3.05, 3.63) is 29.8 Å². The van der Waals surface area contributed by atoms with Gasteiger partial charge in [-0.3, -0.25) is 0 Å². The Kier molecular flexibility index (Phi) is 6.86. The topological polar surface area (TPSA) is 58.8 Å². The first-order valence-electron chi connectivity index (χ1n) is 10.8. The van der Waals surface area contributed by atoms with Gasteiger partial charge in [0, 0.05) is 25.3 Å². The van der Waals surface area contributed by atoms with E-state index >= 15 is 0 Å². The van der Waals surface area contributed by atoms with E-state index in [9.17, 15) is 4.79 Å². The third kappa shape index (κ3) is 6.40. The number of amides is 1. The number of carbonyl (C=O) groups excluding carboxylic acids is 1. The van der Waals surface area contributed by atoms with Gasteiger partial charge in [0.05, 0.1) is 0 Å². The first kappa shape index (κ1) is 21.0. The fourth-order valence-corrected chi connectivity index (χ4v) is 4.35. The number of ether oxygens (including phenoxy) is 1. The van der Waals surface area contributed by atoms with Crippen molar-refractivity contribution in [1.82, 2.24) is 9.80 Å². The number of nitrogens with two attached hydrogens (primary N) is 1. The molecule has 2 fully saturated rings. The molecule has 0 saturated carbocycles. The molecule has 28 heavy (non-hydrogen) atoms. The van der Waals surface area contributed by atoms with Gasteiger partial charge in [-0.1, -0.05) is 12.1 Å². The van der Waals surface area contributed by atoms with E-state index in [0.717, 1.165) is 37.5 Å². The van der Waals surface area contributed by atoms with Gasteiger partial charge in [0.1, 0.15) is 5.60 Å². The molecule has 0 unspecified atom stereocenters. The summed E-state index contributed by atoms with van der Waals surface area (Å²) < 4.78 is 5.50. The van der Waals surface area contributed by atoms with Crippen LogP contribution in [0.15, 0.2) is 24.3 Å². The van der Waals surface area contributed by atoms with Gasteiger partial charge in [0.15, 0.2) is 0 Å². The smallest absolute Gasteiger partial charge is 0.410 e. The summed E-state index contributed by atoms with van der Waals surface area (Å²) in [5, 5.41) is 0. The second-order valence-electron chi connectivity index (χ2n) is 9.60. The van der Waals surface area contributed by atoms with E-state index in [0.29, 0.717) is 5.92 Å². The maximum Gasteiger partial charge on any atom is 0.410 e. The van der Waals surface area contributed by atoms with E-state index in [1.54, 1.807) is 0 Å². The van der Waals surface area contributed by atoms with Crippen LogP contribution in [-0.4, -0.2) is 54.2 Å². The molecule has 1 aromatic rings. The van der Waals surface area contributed by atoms with Crippen LogP contribution in [0.1, 0.15) is 52.0 Å². The molecule has 5 heteroatoms. The average Bonchev–Trinajstić information content (AvgIpc) is 2.64. The molecule has 156 valence electrons. The van der Waals surface area contributed by atoms with Gasteiger partial charge < -0.3 is 20.3 Å². The Morgan fingerprint density at radius 2 is 1.57 bits per heavy atom. The van der Waals surface area contributed by atoms with Crippen LogP contribution in [0, 0.1) is 11.8 Å². The van der Waals surface area contributed by atoms with Crippen molar-refractivity contribution in [2.24, 2.45) is 11.8 Å². The summed E-state index contributed by atoms with van der Waals surface area (Å²) >= 11 is 0. The van der Waals surface area contributed by atoms with Crippen LogP contribution in [0.3, 0.4) is 0 Å². The monoisotopic (exact) mass is 387 g/mol. The summed E-state index contributed by atoms with van der Waals surface area (Å²) in [5.41, 5.74) is 7.62. The summed E-state index contributed by atoms with van der Waals surface area (Å²) in [5.74, 6) is 1.49. The van der Waals surface area contributed by atoms with E-state index in [1.807, 2.05) is 37.8 Å². The van der Waals surface area contributed by atoms with Gasteiger partial charge in [-0.05, 0) is 95.5 Å². The minimum absolute atomic E-state index is 0.158. The highest BCUT2D eigenvalue weighted by Gasteiger charge is 2.28. The molecule has 1 amide bonds. The summed E-state index contributed by atoms with van der Waals surface area (Å²) in [6, 6.07) is 8.35. The Balaban J connectivity index is 1.35. The van der Waals surface area contributed by atoms with Crippen molar-refractivity contribution < 1.29 is 9.53 Å². The fraction of sp³-hybridized carbons (Fsp3) is 0.696. The number of nitrogens with zero attached hydrogens (tertiary/aromatic N) is 2. The van der Waals surface area contributed by atoms with Crippen LogP contribution >= 0.6 is 0 Å². The van der Waals surface area contributed by atoms with Gasteiger partial charge in [0.2, 0.25) is 0 Å². The lowest BCUT2D eigenvalue weighted by Crippen LogP contribution is -2.44. The third-order valence-corrected chi connectivity index (χ3v) is 5.99. The normalized spacial score (nSPS) is 20.3. The van der Waals surface area contributed by atoms with Gasteiger partial charge in [-0.15, -0.1) is 0 Å². The number of piperidine rings is 2. The standard InChI is InChI=1S/C23H37N3O2/c1-23(2,3)28-22(27)26-14-10-20(11-15-26)17-25-12-8-19(9-13-25)16-18-4-6-21(24)7-5-18/h4-7,19-20H,8-17,24H2,1-3H3. The molecule has 2 N–H and O–H groups in total. The predicted molar refractivity (Wildman–Crippen MR) is 114 cm³/mol. The van der Waals surface area contributed by atoms with Gasteiger partial charge >= 0.3 is 6.09 Å². The van der Waals surface area contributed by atoms with Crippen molar-refractivity contribution in [2.45, 2.75) is 58.5 Å². The molecule has 2 aliphatic rings. The molecular weight excluding hydrogens is 350 g/mol. The first-order valence-corrected chi connectivity index (χ1v) is 10.8. The van der Waals surface area contributed by atoms with Gasteiger partial charge in [-0.2, -0.15) is 0 Å². The number of benzene rings is 1. The van der Waals surface area contributed by atoms with E-state index in [-0.39, 0.29) is 6.09 Å². The predicted octanol–water partition coefficient (Wildman–Crippen LogP) is 4.17.